The van der Waals surface area contributed by atoms with E-state index in [4.69, 9.17) is 0 Å². The Morgan fingerprint density at radius 3 is 2.47 bits per heavy atom. The van der Waals surface area contributed by atoms with Crippen molar-refractivity contribution >= 4 is 5.91 Å². The van der Waals surface area contributed by atoms with Crippen LogP contribution in [0.5, 0.6) is 0 Å². The van der Waals surface area contributed by atoms with Crippen LogP contribution in [0.1, 0.15) is 54.9 Å². The highest BCUT2D eigenvalue weighted by atomic mass is 16.3. The van der Waals surface area contributed by atoms with Crippen molar-refractivity contribution < 1.29 is 9.90 Å². The average Bonchev–Trinajstić information content (AvgIpc) is 2.41. The van der Waals surface area contributed by atoms with Crippen LogP contribution in [0.25, 0.3) is 0 Å². The Hall–Kier alpha value is -1.35. The van der Waals surface area contributed by atoms with Gasteiger partial charge in [-0.15, -0.1) is 0 Å². The van der Waals surface area contributed by atoms with Gasteiger partial charge in [0.05, 0.1) is 12.1 Å². The molecule has 2 N–H and O–H groups in total. The number of unbranched alkanes of at least 4 members (excludes halogenated alkanes) is 1. The first-order valence-corrected chi connectivity index (χ1v) is 7.21. The van der Waals surface area contributed by atoms with Crippen LogP contribution < -0.4 is 5.32 Å². The van der Waals surface area contributed by atoms with E-state index in [-0.39, 0.29) is 18.1 Å². The van der Waals surface area contributed by atoms with Crippen LogP contribution in [0, 0.1) is 0 Å². The molecule has 1 aliphatic rings. The Morgan fingerprint density at radius 2 is 2.00 bits per heavy atom. The minimum atomic E-state index is -0.363. The summed E-state index contributed by atoms with van der Waals surface area (Å²) in [7, 11) is 0. The summed E-state index contributed by atoms with van der Waals surface area (Å²) in [4.78, 5) is 12.1. The summed E-state index contributed by atoms with van der Waals surface area (Å²) in [5, 5.41) is 12.3. The molecule has 1 saturated carbocycles. The number of aryl methyl sites for hydroxylation is 1. The van der Waals surface area contributed by atoms with Crippen LogP contribution in [0.4, 0.5) is 0 Å². The summed E-state index contributed by atoms with van der Waals surface area (Å²) in [6.45, 7) is 2.21. The fourth-order valence-corrected chi connectivity index (χ4v) is 2.44. The van der Waals surface area contributed by atoms with E-state index in [0.717, 1.165) is 25.7 Å². The van der Waals surface area contributed by atoms with Gasteiger partial charge in [0.2, 0.25) is 0 Å². The third-order valence-electron chi connectivity index (χ3n) is 4.03. The summed E-state index contributed by atoms with van der Waals surface area (Å²) in [6.07, 6.45) is 6.27. The van der Waals surface area contributed by atoms with Gasteiger partial charge < -0.3 is 10.4 Å². The minimum Gasteiger partial charge on any atom is -0.394 e. The molecule has 1 fully saturated rings. The van der Waals surface area contributed by atoms with Crippen molar-refractivity contribution in [1.29, 1.82) is 0 Å². The third-order valence-corrected chi connectivity index (χ3v) is 4.03. The number of carbonyl (C=O) groups excluding carboxylic acids is 1. The lowest BCUT2D eigenvalue weighted by Crippen LogP contribution is -2.56. The molecule has 104 valence electrons. The van der Waals surface area contributed by atoms with Gasteiger partial charge in [-0.3, -0.25) is 4.79 Å². The first kappa shape index (κ1) is 14.1. The number of aliphatic hydroxyl groups excluding tert-OH is 1. The lowest BCUT2D eigenvalue weighted by atomic mass is 9.77. The smallest absolute Gasteiger partial charge is 0.251 e. The van der Waals surface area contributed by atoms with Gasteiger partial charge in [0.15, 0.2) is 0 Å². The highest BCUT2D eigenvalue weighted by molar-refractivity contribution is 5.94. The fraction of sp³-hybridized carbons (Fsp3) is 0.562. The van der Waals surface area contributed by atoms with E-state index >= 15 is 0 Å². The van der Waals surface area contributed by atoms with E-state index in [1.165, 1.54) is 18.4 Å². The van der Waals surface area contributed by atoms with Gasteiger partial charge >= 0.3 is 0 Å². The summed E-state index contributed by atoms with van der Waals surface area (Å²) in [5.41, 5.74) is 1.59. The van der Waals surface area contributed by atoms with Crippen LogP contribution in [0.2, 0.25) is 0 Å². The number of aliphatic hydroxyl groups is 1. The van der Waals surface area contributed by atoms with Crippen molar-refractivity contribution in [3.05, 3.63) is 35.4 Å². The van der Waals surface area contributed by atoms with E-state index < -0.39 is 0 Å². The number of benzene rings is 1. The van der Waals surface area contributed by atoms with Gasteiger partial charge in [-0.1, -0.05) is 25.5 Å². The maximum atomic E-state index is 12.1. The standard InChI is InChI=1S/C16H23NO2/c1-2-3-5-13-6-8-14(9-7-13)15(19)17-16(12-18)10-4-11-16/h6-9,18H,2-5,10-12H2,1H3,(H,17,19). The van der Waals surface area contributed by atoms with E-state index in [9.17, 15) is 9.90 Å². The van der Waals surface area contributed by atoms with Crippen molar-refractivity contribution in [2.45, 2.75) is 51.0 Å². The molecule has 0 aliphatic heterocycles. The Labute approximate surface area is 115 Å². The number of carbonyl (C=O) groups is 1. The molecule has 0 radical (unpaired) electrons. The number of amides is 1. The monoisotopic (exact) mass is 261 g/mol. The number of rotatable bonds is 6. The molecule has 1 aliphatic carbocycles. The van der Waals surface area contributed by atoms with Gasteiger partial charge in [-0.05, 0) is 49.8 Å². The number of hydrogen-bond acceptors (Lipinski definition) is 2. The minimum absolute atomic E-state index is 0.0350. The Bertz CT molecular complexity index is 415. The largest absolute Gasteiger partial charge is 0.394 e. The first-order chi connectivity index (χ1) is 9.19. The van der Waals surface area contributed by atoms with Crippen molar-refractivity contribution in [2.24, 2.45) is 0 Å². The zero-order valence-corrected chi connectivity index (χ0v) is 11.6. The Morgan fingerprint density at radius 1 is 1.32 bits per heavy atom. The maximum absolute atomic E-state index is 12.1. The molecule has 3 nitrogen and oxygen atoms in total. The second-order valence-corrected chi connectivity index (χ2v) is 5.55. The van der Waals surface area contributed by atoms with Gasteiger partial charge in [-0.25, -0.2) is 0 Å². The molecule has 2 rings (SSSR count). The second-order valence-electron chi connectivity index (χ2n) is 5.55. The topological polar surface area (TPSA) is 49.3 Å². The van der Waals surface area contributed by atoms with Crippen molar-refractivity contribution in [3.63, 3.8) is 0 Å². The predicted molar refractivity (Wildman–Crippen MR) is 76.2 cm³/mol. The highest BCUT2D eigenvalue weighted by Gasteiger charge is 2.37. The molecule has 0 aromatic heterocycles. The number of nitrogens with one attached hydrogen (secondary N) is 1. The van der Waals surface area contributed by atoms with E-state index in [1.54, 1.807) is 0 Å². The van der Waals surface area contributed by atoms with Crippen LogP contribution in [-0.2, 0) is 6.42 Å². The van der Waals surface area contributed by atoms with Gasteiger partial charge in [0, 0.05) is 5.56 Å². The van der Waals surface area contributed by atoms with Crippen molar-refractivity contribution in [1.82, 2.24) is 5.32 Å². The molecule has 0 bridgehead atoms. The predicted octanol–water partition coefficient (Wildman–Crippen LogP) is 2.67. The summed E-state index contributed by atoms with van der Waals surface area (Å²) in [5.74, 6) is -0.0733. The Kier molecular flexibility index (Phi) is 4.59. The SMILES string of the molecule is CCCCc1ccc(C(=O)NC2(CO)CCC2)cc1. The number of hydrogen-bond donors (Lipinski definition) is 2. The molecule has 19 heavy (non-hydrogen) atoms. The normalized spacial score (nSPS) is 16.7. The van der Waals surface area contributed by atoms with Crippen LogP contribution in [0.15, 0.2) is 24.3 Å². The first-order valence-electron chi connectivity index (χ1n) is 7.21. The van der Waals surface area contributed by atoms with Gasteiger partial charge in [0.25, 0.3) is 5.91 Å². The summed E-state index contributed by atoms with van der Waals surface area (Å²) < 4.78 is 0. The quantitative estimate of drug-likeness (QED) is 0.827. The van der Waals surface area contributed by atoms with Crippen LogP contribution in [-0.4, -0.2) is 23.2 Å². The van der Waals surface area contributed by atoms with Crippen molar-refractivity contribution in [3.8, 4) is 0 Å². The maximum Gasteiger partial charge on any atom is 0.251 e. The molecular weight excluding hydrogens is 238 g/mol. The lowest BCUT2D eigenvalue weighted by molar-refractivity contribution is 0.0641. The van der Waals surface area contributed by atoms with Crippen LogP contribution >= 0.6 is 0 Å². The molecule has 3 heteroatoms. The molecule has 0 saturated heterocycles. The van der Waals surface area contributed by atoms with E-state index in [2.05, 4.69) is 12.2 Å². The molecule has 0 heterocycles. The molecule has 1 aromatic rings. The van der Waals surface area contributed by atoms with Crippen molar-refractivity contribution in [2.75, 3.05) is 6.61 Å². The molecule has 0 spiro atoms. The summed E-state index contributed by atoms with van der Waals surface area (Å²) >= 11 is 0. The highest BCUT2D eigenvalue weighted by Crippen LogP contribution is 2.31. The molecule has 0 unspecified atom stereocenters. The summed E-state index contributed by atoms with van der Waals surface area (Å²) in [6, 6.07) is 7.81. The lowest BCUT2D eigenvalue weighted by Gasteiger charge is -2.40. The Balaban J connectivity index is 1.95. The van der Waals surface area contributed by atoms with E-state index in [1.807, 2.05) is 24.3 Å². The molecule has 1 aromatic carbocycles. The average molecular weight is 261 g/mol. The molecule has 0 atom stereocenters. The zero-order valence-electron chi connectivity index (χ0n) is 11.6. The van der Waals surface area contributed by atoms with E-state index in [0.29, 0.717) is 5.56 Å². The third kappa shape index (κ3) is 3.35. The fourth-order valence-electron chi connectivity index (χ4n) is 2.44. The van der Waals surface area contributed by atoms with Crippen LogP contribution in [0.3, 0.4) is 0 Å². The second kappa shape index (κ2) is 6.20. The molecular formula is C16H23NO2. The van der Waals surface area contributed by atoms with Gasteiger partial charge in [0.1, 0.15) is 0 Å². The zero-order chi connectivity index (χ0) is 13.7. The van der Waals surface area contributed by atoms with Gasteiger partial charge in [-0.2, -0.15) is 0 Å². The molecule has 1 amide bonds.